The highest BCUT2D eigenvalue weighted by Crippen LogP contribution is 2.30. The Morgan fingerprint density at radius 1 is 1.26 bits per heavy atom. The molecule has 0 radical (unpaired) electrons. The molecule has 0 aliphatic heterocycles. The maximum Gasteiger partial charge on any atom is 0.435 e. The molecule has 9 nitrogen and oxygen atoms in total. The van der Waals surface area contributed by atoms with Gasteiger partial charge in [0.05, 0.1) is 12.1 Å². The molecule has 198 valence electrons. The number of aliphatic imine (C=N–C) groups is 1. The summed E-state index contributed by atoms with van der Waals surface area (Å²) in [6.45, 7) is 4.65. The number of rotatable bonds is 9. The van der Waals surface area contributed by atoms with Gasteiger partial charge in [0, 0.05) is 18.7 Å². The Morgan fingerprint density at radius 3 is 2.31 bits per heavy atom. The fourth-order valence-corrected chi connectivity index (χ4v) is 3.11. The van der Waals surface area contributed by atoms with E-state index in [4.69, 9.17) is 10.5 Å². The zero-order valence-electron chi connectivity index (χ0n) is 19.7. The Balaban J connectivity index is 3.10. The highest BCUT2D eigenvalue weighted by molar-refractivity contribution is 9.10. The van der Waals surface area contributed by atoms with Gasteiger partial charge in [-0.2, -0.15) is 27.1 Å². The highest BCUT2D eigenvalue weighted by atomic mass is 79.9. The summed E-state index contributed by atoms with van der Waals surface area (Å²) in [6.07, 6.45) is -4.21. The van der Waals surface area contributed by atoms with Crippen molar-refractivity contribution in [2.45, 2.75) is 77.5 Å². The zero-order chi connectivity index (χ0) is 27.2. The smallest absolute Gasteiger partial charge is 0.435 e. The Labute approximate surface area is 207 Å². The number of hydrogen-bond donors (Lipinski definition) is 3. The summed E-state index contributed by atoms with van der Waals surface area (Å²) >= 11 is 3.01. The Hall–Kier alpha value is -2.71. The van der Waals surface area contributed by atoms with Crippen LogP contribution in [0.25, 0.3) is 0 Å². The lowest BCUT2D eigenvalue weighted by molar-refractivity contribution is -0.141. The topological polar surface area (TPSA) is 124 Å². The summed E-state index contributed by atoms with van der Waals surface area (Å²) < 4.78 is 69.9. The van der Waals surface area contributed by atoms with Crippen molar-refractivity contribution in [2.75, 3.05) is 0 Å². The first kappa shape index (κ1) is 30.3. The molecular weight excluding hydrogens is 547 g/mol. The lowest BCUT2D eigenvalue weighted by Gasteiger charge is -2.30. The SMILES string of the molecule is CC(C)(Cn1nc(C(F)(F)F)cc1Br)NC(=O)C(CC(=C/N)/C=N/C(F)F)NC(=O)OC(C)(C)C. The lowest BCUT2D eigenvalue weighted by atomic mass is 10.0. The largest absolute Gasteiger partial charge is 0.444 e. The van der Waals surface area contributed by atoms with Gasteiger partial charge in [0.2, 0.25) is 5.91 Å². The predicted molar refractivity (Wildman–Crippen MR) is 122 cm³/mol. The maximum absolute atomic E-state index is 13.0. The molecule has 0 bridgehead atoms. The van der Waals surface area contributed by atoms with Gasteiger partial charge in [-0.3, -0.25) is 9.48 Å². The van der Waals surface area contributed by atoms with Gasteiger partial charge in [0.15, 0.2) is 5.69 Å². The summed E-state index contributed by atoms with van der Waals surface area (Å²) in [4.78, 5) is 28.2. The van der Waals surface area contributed by atoms with Crippen molar-refractivity contribution in [3.05, 3.63) is 28.1 Å². The number of amides is 2. The third-order valence-electron chi connectivity index (χ3n) is 4.04. The van der Waals surface area contributed by atoms with Crippen LogP contribution in [-0.2, 0) is 22.3 Å². The predicted octanol–water partition coefficient (Wildman–Crippen LogP) is 3.98. The number of carbonyl (C=O) groups is 2. The molecule has 15 heteroatoms. The molecule has 4 N–H and O–H groups in total. The van der Waals surface area contributed by atoms with Gasteiger partial charge in [0.1, 0.15) is 16.2 Å². The molecule has 0 aliphatic carbocycles. The van der Waals surface area contributed by atoms with Crippen molar-refractivity contribution in [3.63, 3.8) is 0 Å². The van der Waals surface area contributed by atoms with E-state index in [9.17, 15) is 31.5 Å². The quantitative estimate of drug-likeness (QED) is 0.234. The average Bonchev–Trinajstić information content (AvgIpc) is 3.02. The molecule has 2 amide bonds. The number of nitrogens with zero attached hydrogens (tertiary/aromatic N) is 3. The first-order valence-electron chi connectivity index (χ1n) is 10.2. The van der Waals surface area contributed by atoms with Crippen LogP contribution in [0.15, 0.2) is 27.4 Å². The first-order chi connectivity index (χ1) is 15.8. The van der Waals surface area contributed by atoms with E-state index in [1.54, 1.807) is 20.8 Å². The van der Waals surface area contributed by atoms with Gasteiger partial charge in [-0.05, 0) is 62.3 Å². The molecule has 0 aromatic carbocycles. The fraction of sp³-hybridized carbons (Fsp3) is 0.600. The molecule has 1 rings (SSSR count). The second-order valence-electron chi connectivity index (χ2n) is 9.08. The van der Waals surface area contributed by atoms with Crippen LogP contribution in [0.1, 0.15) is 46.7 Å². The molecule has 0 aliphatic rings. The average molecular weight is 575 g/mol. The van der Waals surface area contributed by atoms with E-state index in [2.05, 4.69) is 36.7 Å². The van der Waals surface area contributed by atoms with E-state index >= 15 is 0 Å². The highest BCUT2D eigenvalue weighted by Gasteiger charge is 2.36. The lowest BCUT2D eigenvalue weighted by Crippen LogP contribution is -2.55. The zero-order valence-corrected chi connectivity index (χ0v) is 21.3. The van der Waals surface area contributed by atoms with Gasteiger partial charge in [0.25, 0.3) is 0 Å². The van der Waals surface area contributed by atoms with Crippen LogP contribution >= 0.6 is 15.9 Å². The number of carbonyl (C=O) groups excluding carboxylic acids is 2. The molecular formula is C20H28BrF5N6O3. The Bertz CT molecular complexity index is 954. The molecule has 1 atom stereocenters. The van der Waals surface area contributed by atoms with Crippen LogP contribution in [0.5, 0.6) is 0 Å². The van der Waals surface area contributed by atoms with E-state index in [0.717, 1.165) is 23.2 Å². The number of hydrogen-bond acceptors (Lipinski definition) is 6. The van der Waals surface area contributed by atoms with Gasteiger partial charge in [-0.25, -0.2) is 9.79 Å². The number of halogens is 6. The van der Waals surface area contributed by atoms with Crippen LogP contribution in [0, 0.1) is 0 Å². The molecule has 0 saturated heterocycles. The summed E-state index contributed by atoms with van der Waals surface area (Å²) in [5.41, 5.74) is 2.29. The number of aromatic nitrogens is 2. The van der Waals surface area contributed by atoms with E-state index < -0.39 is 47.6 Å². The van der Waals surface area contributed by atoms with Gasteiger partial charge < -0.3 is 21.1 Å². The molecule has 1 heterocycles. The van der Waals surface area contributed by atoms with E-state index in [0.29, 0.717) is 0 Å². The molecule has 1 aromatic rings. The van der Waals surface area contributed by atoms with Crippen LogP contribution in [0.4, 0.5) is 26.7 Å². The van der Waals surface area contributed by atoms with Crippen molar-refractivity contribution in [1.82, 2.24) is 20.4 Å². The first-order valence-corrected chi connectivity index (χ1v) is 11.0. The van der Waals surface area contributed by atoms with E-state index in [1.807, 2.05) is 0 Å². The monoisotopic (exact) mass is 574 g/mol. The van der Waals surface area contributed by atoms with Gasteiger partial charge >= 0.3 is 18.8 Å². The van der Waals surface area contributed by atoms with E-state index in [1.165, 1.54) is 13.8 Å². The maximum atomic E-state index is 13.0. The second kappa shape index (κ2) is 11.8. The Morgan fingerprint density at radius 2 is 1.86 bits per heavy atom. The molecule has 1 aromatic heterocycles. The third kappa shape index (κ3) is 11.0. The van der Waals surface area contributed by atoms with Crippen LogP contribution in [0.3, 0.4) is 0 Å². The molecule has 35 heavy (non-hydrogen) atoms. The molecule has 1 unspecified atom stereocenters. The van der Waals surface area contributed by atoms with Crippen molar-refractivity contribution in [3.8, 4) is 0 Å². The number of nitrogens with two attached hydrogens (primary N) is 1. The van der Waals surface area contributed by atoms with E-state index in [-0.39, 0.29) is 23.1 Å². The van der Waals surface area contributed by atoms with Crippen molar-refractivity contribution >= 4 is 34.1 Å². The molecule has 0 saturated carbocycles. The summed E-state index contributed by atoms with van der Waals surface area (Å²) in [5.74, 6) is -0.773. The number of nitrogens with one attached hydrogen (secondary N) is 2. The summed E-state index contributed by atoms with van der Waals surface area (Å²) in [6, 6.07) is -0.541. The summed E-state index contributed by atoms with van der Waals surface area (Å²) in [7, 11) is 0. The second-order valence-corrected chi connectivity index (χ2v) is 9.89. The number of alkyl carbamates (subject to hydrolysis) is 1. The van der Waals surface area contributed by atoms with Crippen LogP contribution < -0.4 is 16.4 Å². The minimum atomic E-state index is -4.66. The minimum absolute atomic E-state index is 0.0176. The number of alkyl halides is 5. The van der Waals surface area contributed by atoms with Gasteiger partial charge in [-0.1, -0.05) is 0 Å². The van der Waals surface area contributed by atoms with Crippen LogP contribution in [-0.4, -0.2) is 51.7 Å². The minimum Gasteiger partial charge on any atom is -0.444 e. The fourth-order valence-electron chi connectivity index (χ4n) is 2.69. The van der Waals surface area contributed by atoms with Crippen molar-refractivity contribution < 1.29 is 36.3 Å². The third-order valence-corrected chi connectivity index (χ3v) is 4.68. The molecule has 0 fully saturated rings. The normalized spacial score (nSPS) is 14.3. The van der Waals surface area contributed by atoms with Gasteiger partial charge in [-0.15, -0.1) is 0 Å². The van der Waals surface area contributed by atoms with Crippen molar-refractivity contribution in [2.24, 2.45) is 10.7 Å². The van der Waals surface area contributed by atoms with Crippen molar-refractivity contribution in [1.29, 1.82) is 0 Å². The summed E-state index contributed by atoms with van der Waals surface area (Å²) in [5, 5.41) is 8.46. The molecule has 0 spiro atoms. The van der Waals surface area contributed by atoms with Crippen LogP contribution in [0.2, 0.25) is 0 Å². The Kier molecular flexibility index (Phi) is 10.2. The number of ether oxygens (including phenoxy) is 1. The standard InChI is InChI=1S/C20H28BrF5N6O3/c1-18(2,3)35-17(34)29-12(6-11(8-27)9-28-16(22)23)15(33)30-19(4,5)10-32-14(21)7-13(31-32)20(24,25)26/h7-9,12,16H,6,10,27H2,1-5H3,(H,29,34)(H,30,33)/b11-8-,28-9+.